The highest BCUT2D eigenvalue weighted by atomic mass is 32.2. The molecule has 2 rings (SSSR count). The lowest BCUT2D eigenvalue weighted by Gasteiger charge is -2.11. The summed E-state index contributed by atoms with van der Waals surface area (Å²) in [6.45, 7) is 2.05. The SMILES string of the molecule is CCc1cc(SC)c(-c2cc(C(=O)O)no2)cc1OC. The Morgan fingerprint density at radius 2 is 2.20 bits per heavy atom. The molecular weight excluding hydrogens is 278 g/mol. The van der Waals surface area contributed by atoms with Crippen LogP contribution in [0.15, 0.2) is 27.6 Å². The molecule has 0 saturated carbocycles. The van der Waals surface area contributed by atoms with E-state index in [-0.39, 0.29) is 5.69 Å². The number of hydrogen-bond acceptors (Lipinski definition) is 5. The quantitative estimate of drug-likeness (QED) is 0.852. The van der Waals surface area contributed by atoms with Gasteiger partial charge in [0.2, 0.25) is 0 Å². The van der Waals surface area contributed by atoms with Crippen LogP contribution in [-0.2, 0) is 6.42 Å². The van der Waals surface area contributed by atoms with Crippen molar-refractivity contribution in [3.63, 3.8) is 0 Å². The van der Waals surface area contributed by atoms with Gasteiger partial charge in [0.15, 0.2) is 11.5 Å². The summed E-state index contributed by atoms with van der Waals surface area (Å²) in [6.07, 6.45) is 2.81. The zero-order valence-electron chi connectivity index (χ0n) is 11.5. The van der Waals surface area contributed by atoms with E-state index >= 15 is 0 Å². The number of aryl methyl sites for hydroxylation is 1. The maximum absolute atomic E-state index is 10.9. The van der Waals surface area contributed by atoms with Gasteiger partial charge in [0.1, 0.15) is 5.75 Å². The molecule has 20 heavy (non-hydrogen) atoms. The van der Waals surface area contributed by atoms with Crippen LogP contribution < -0.4 is 4.74 Å². The maximum Gasteiger partial charge on any atom is 0.358 e. The Hall–Kier alpha value is -1.95. The molecule has 0 bridgehead atoms. The Labute approximate surface area is 120 Å². The molecule has 0 amide bonds. The smallest absolute Gasteiger partial charge is 0.358 e. The monoisotopic (exact) mass is 293 g/mol. The van der Waals surface area contributed by atoms with Gasteiger partial charge in [0.25, 0.3) is 0 Å². The van der Waals surface area contributed by atoms with Crippen molar-refractivity contribution in [2.75, 3.05) is 13.4 Å². The second-order valence-corrected chi connectivity index (χ2v) is 4.95. The van der Waals surface area contributed by atoms with Crippen LogP contribution in [0.2, 0.25) is 0 Å². The summed E-state index contributed by atoms with van der Waals surface area (Å²) >= 11 is 1.57. The van der Waals surface area contributed by atoms with Crippen molar-refractivity contribution in [1.82, 2.24) is 5.16 Å². The van der Waals surface area contributed by atoms with Crippen LogP contribution in [0.1, 0.15) is 23.0 Å². The van der Waals surface area contributed by atoms with Crippen molar-refractivity contribution < 1.29 is 19.2 Å². The summed E-state index contributed by atoms with van der Waals surface area (Å²) in [6, 6.07) is 5.31. The number of thioether (sulfide) groups is 1. The van der Waals surface area contributed by atoms with Gasteiger partial charge in [-0.25, -0.2) is 4.79 Å². The fourth-order valence-corrected chi connectivity index (χ4v) is 2.57. The molecule has 106 valence electrons. The lowest BCUT2D eigenvalue weighted by atomic mass is 10.1. The molecule has 0 radical (unpaired) electrons. The number of hydrogen-bond donors (Lipinski definition) is 1. The van der Waals surface area contributed by atoms with Gasteiger partial charge >= 0.3 is 5.97 Å². The van der Waals surface area contributed by atoms with E-state index in [2.05, 4.69) is 12.1 Å². The number of carboxylic acids is 1. The van der Waals surface area contributed by atoms with Crippen LogP contribution in [-0.4, -0.2) is 29.6 Å². The molecule has 0 aliphatic carbocycles. The highest BCUT2D eigenvalue weighted by Crippen LogP contribution is 2.36. The number of nitrogens with zero attached hydrogens (tertiary/aromatic N) is 1. The number of benzene rings is 1. The topological polar surface area (TPSA) is 72.6 Å². The van der Waals surface area contributed by atoms with Gasteiger partial charge in [-0.1, -0.05) is 12.1 Å². The summed E-state index contributed by atoms with van der Waals surface area (Å²) in [5, 5.41) is 12.4. The molecule has 0 spiro atoms. The molecule has 1 aromatic carbocycles. The third-order valence-electron chi connectivity index (χ3n) is 2.98. The Kier molecular flexibility index (Phi) is 4.34. The standard InChI is InChI=1S/C14H15NO4S/c1-4-8-5-13(20-3)9(6-11(8)18-2)12-7-10(14(16)17)15-19-12/h5-7H,4H2,1-3H3,(H,16,17). The first-order valence-electron chi connectivity index (χ1n) is 6.06. The van der Waals surface area contributed by atoms with Crippen molar-refractivity contribution in [3.05, 3.63) is 29.5 Å². The zero-order chi connectivity index (χ0) is 14.7. The average Bonchev–Trinajstić information content (AvgIpc) is 2.95. The Morgan fingerprint density at radius 3 is 2.70 bits per heavy atom. The molecule has 6 heteroatoms. The van der Waals surface area contributed by atoms with Gasteiger partial charge in [-0.3, -0.25) is 0 Å². The summed E-state index contributed by atoms with van der Waals surface area (Å²) in [7, 11) is 1.61. The first-order valence-corrected chi connectivity index (χ1v) is 7.28. The normalized spacial score (nSPS) is 10.6. The van der Waals surface area contributed by atoms with E-state index in [1.165, 1.54) is 6.07 Å². The molecule has 1 N–H and O–H groups in total. The second kappa shape index (κ2) is 6.00. The van der Waals surface area contributed by atoms with Crippen molar-refractivity contribution >= 4 is 17.7 Å². The number of carbonyl (C=O) groups is 1. The summed E-state index contributed by atoms with van der Waals surface area (Å²) < 4.78 is 10.5. The molecular formula is C14H15NO4S. The van der Waals surface area contributed by atoms with E-state index < -0.39 is 5.97 Å². The minimum atomic E-state index is -1.11. The van der Waals surface area contributed by atoms with Gasteiger partial charge < -0.3 is 14.4 Å². The molecule has 0 atom stereocenters. The zero-order valence-corrected chi connectivity index (χ0v) is 12.3. The fraction of sp³-hybridized carbons (Fsp3) is 0.286. The highest BCUT2D eigenvalue weighted by Gasteiger charge is 2.17. The number of aromatic nitrogens is 1. The molecule has 0 saturated heterocycles. The fourth-order valence-electron chi connectivity index (χ4n) is 1.93. The van der Waals surface area contributed by atoms with E-state index in [1.54, 1.807) is 18.9 Å². The molecule has 0 unspecified atom stereocenters. The number of rotatable bonds is 5. The Bertz CT molecular complexity index is 636. The third-order valence-corrected chi connectivity index (χ3v) is 3.76. The van der Waals surface area contributed by atoms with E-state index in [0.29, 0.717) is 5.76 Å². The Morgan fingerprint density at radius 1 is 1.45 bits per heavy atom. The van der Waals surface area contributed by atoms with Gasteiger partial charge in [0.05, 0.1) is 7.11 Å². The van der Waals surface area contributed by atoms with Gasteiger partial charge in [0, 0.05) is 16.5 Å². The lowest BCUT2D eigenvalue weighted by Crippen LogP contribution is -1.95. The van der Waals surface area contributed by atoms with E-state index in [1.807, 2.05) is 18.4 Å². The predicted octanol–water partition coefficient (Wildman–Crippen LogP) is 3.33. The van der Waals surface area contributed by atoms with Crippen LogP contribution in [0.25, 0.3) is 11.3 Å². The molecule has 0 aliphatic rings. The minimum absolute atomic E-state index is 0.106. The van der Waals surface area contributed by atoms with Crippen LogP contribution >= 0.6 is 11.8 Å². The number of aromatic carboxylic acids is 1. The van der Waals surface area contributed by atoms with Crippen molar-refractivity contribution in [2.45, 2.75) is 18.2 Å². The predicted molar refractivity (Wildman–Crippen MR) is 76.6 cm³/mol. The van der Waals surface area contributed by atoms with Gasteiger partial charge in [-0.05, 0) is 30.4 Å². The van der Waals surface area contributed by atoms with Gasteiger partial charge in [-0.2, -0.15) is 0 Å². The highest BCUT2D eigenvalue weighted by molar-refractivity contribution is 7.98. The lowest BCUT2D eigenvalue weighted by molar-refractivity contribution is 0.0686. The summed E-state index contributed by atoms with van der Waals surface area (Å²) in [4.78, 5) is 11.9. The van der Waals surface area contributed by atoms with Crippen molar-refractivity contribution in [2.24, 2.45) is 0 Å². The average molecular weight is 293 g/mol. The van der Waals surface area contributed by atoms with E-state index in [4.69, 9.17) is 14.4 Å². The summed E-state index contributed by atoms with van der Waals surface area (Å²) in [5.74, 6) is 0.0733. The number of carboxylic acid groups (broad SMARTS) is 1. The van der Waals surface area contributed by atoms with Gasteiger partial charge in [-0.15, -0.1) is 11.8 Å². The van der Waals surface area contributed by atoms with Crippen molar-refractivity contribution in [1.29, 1.82) is 0 Å². The molecule has 1 aromatic heterocycles. The minimum Gasteiger partial charge on any atom is -0.496 e. The number of ether oxygens (including phenoxy) is 1. The Balaban J connectivity index is 2.56. The first kappa shape index (κ1) is 14.5. The van der Waals surface area contributed by atoms with Crippen LogP contribution in [0.3, 0.4) is 0 Å². The molecule has 0 aliphatic heterocycles. The second-order valence-electron chi connectivity index (χ2n) is 4.10. The molecule has 0 fully saturated rings. The number of methoxy groups -OCH3 is 1. The van der Waals surface area contributed by atoms with Crippen molar-refractivity contribution in [3.8, 4) is 17.1 Å². The molecule has 1 heterocycles. The van der Waals surface area contributed by atoms with E-state index in [0.717, 1.165) is 28.2 Å². The third kappa shape index (κ3) is 2.65. The van der Waals surface area contributed by atoms with E-state index in [9.17, 15) is 4.79 Å². The first-order chi connectivity index (χ1) is 9.60. The largest absolute Gasteiger partial charge is 0.496 e. The molecule has 5 nitrogen and oxygen atoms in total. The van der Waals surface area contributed by atoms with Crippen LogP contribution in [0, 0.1) is 0 Å². The van der Waals surface area contributed by atoms with Crippen LogP contribution in [0.5, 0.6) is 5.75 Å². The summed E-state index contributed by atoms with van der Waals surface area (Å²) in [5.41, 5.74) is 1.77. The molecule has 2 aromatic rings. The van der Waals surface area contributed by atoms with Crippen LogP contribution in [0.4, 0.5) is 0 Å². The maximum atomic E-state index is 10.9.